The number of hydrogen-bond donors (Lipinski definition) is 1. The number of benzene rings is 1. The summed E-state index contributed by atoms with van der Waals surface area (Å²) in [5, 5.41) is 9.23. The Morgan fingerprint density at radius 2 is 1.92 bits per heavy atom. The molecule has 6 nitrogen and oxygen atoms in total. The van der Waals surface area contributed by atoms with Crippen molar-refractivity contribution in [3.63, 3.8) is 0 Å². The Morgan fingerprint density at radius 3 is 2.50 bits per heavy atom. The van der Waals surface area contributed by atoms with Crippen LogP contribution in [0.2, 0.25) is 0 Å². The van der Waals surface area contributed by atoms with Crippen molar-refractivity contribution in [2.24, 2.45) is 17.8 Å². The van der Waals surface area contributed by atoms with E-state index in [1.54, 1.807) is 19.1 Å². The maximum Gasteiger partial charge on any atom is 0.308 e. The number of rotatable bonds is 5. The first kappa shape index (κ1) is 16.6. The van der Waals surface area contributed by atoms with E-state index in [2.05, 4.69) is 0 Å². The van der Waals surface area contributed by atoms with Crippen molar-refractivity contribution in [3.8, 4) is 11.5 Å². The Balaban J connectivity index is 1.71. The molecule has 6 heteroatoms. The fourth-order valence-corrected chi connectivity index (χ4v) is 3.64. The van der Waals surface area contributed by atoms with E-state index in [0.29, 0.717) is 13.1 Å². The molecule has 1 aliphatic heterocycles. The van der Waals surface area contributed by atoms with Gasteiger partial charge in [0.1, 0.15) is 11.5 Å². The first-order valence-corrected chi connectivity index (χ1v) is 8.19. The minimum absolute atomic E-state index is 0.00462. The van der Waals surface area contributed by atoms with Gasteiger partial charge in [-0.1, -0.05) is 6.92 Å². The molecule has 1 saturated carbocycles. The predicted molar refractivity (Wildman–Crippen MR) is 87.3 cm³/mol. The van der Waals surface area contributed by atoms with Crippen molar-refractivity contribution in [2.45, 2.75) is 19.3 Å². The summed E-state index contributed by atoms with van der Waals surface area (Å²) in [6.07, 6.45) is 0.769. The van der Waals surface area contributed by atoms with Crippen LogP contribution in [0.25, 0.3) is 0 Å². The molecule has 1 N–H and O–H groups in total. The molecule has 1 saturated heterocycles. The van der Waals surface area contributed by atoms with Crippen LogP contribution in [0.4, 0.5) is 0 Å². The van der Waals surface area contributed by atoms with Crippen molar-refractivity contribution < 1.29 is 24.2 Å². The molecular weight excluding hydrogens is 310 g/mol. The molecular formula is C18H23NO5. The summed E-state index contributed by atoms with van der Waals surface area (Å²) in [6.45, 7) is 2.73. The summed E-state index contributed by atoms with van der Waals surface area (Å²) in [5.74, 6) is 0.291. The largest absolute Gasteiger partial charge is 0.497 e. The predicted octanol–water partition coefficient (Wildman–Crippen LogP) is 1.99. The Bertz CT molecular complexity index is 659. The van der Waals surface area contributed by atoms with Crippen molar-refractivity contribution in [3.05, 3.63) is 23.8 Å². The van der Waals surface area contributed by atoms with E-state index in [1.807, 2.05) is 25.1 Å². The summed E-state index contributed by atoms with van der Waals surface area (Å²) >= 11 is 0. The molecule has 1 aromatic carbocycles. The van der Waals surface area contributed by atoms with Crippen molar-refractivity contribution in [1.29, 1.82) is 0 Å². The quantitative estimate of drug-likeness (QED) is 0.892. The smallest absolute Gasteiger partial charge is 0.308 e. The SMILES string of the molecule is COc1ccc(OC)c(C2CC2C(=O)N2C[C@@H](C)[C@H](C(=O)O)C2)c1. The highest BCUT2D eigenvalue weighted by Gasteiger charge is 2.49. The van der Waals surface area contributed by atoms with Gasteiger partial charge < -0.3 is 19.5 Å². The average Bonchev–Trinajstić information content (AvgIpc) is 3.28. The van der Waals surface area contributed by atoms with Crippen LogP contribution in [-0.2, 0) is 9.59 Å². The number of ether oxygens (including phenoxy) is 2. The maximum atomic E-state index is 12.7. The van der Waals surface area contributed by atoms with Crippen LogP contribution < -0.4 is 9.47 Å². The number of nitrogens with zero attached hydrogens (tertiary/aromatic N) is 1. The van der Waals surface area contributed by atoms with Gasteiger partial charge in [0.05, 0.1) is 20.1 Å². The van der Waals surface area contributed by atoms with Gasteiger partial charge in [0.15, 0.2) is 0 Å². The highest BCUT2D eigenvalue weighted by Crippen LogP contribution is 2.52. The van der Waals surface area contributed by atoms with Gasteiger partial charge in [0.2, 0.25) is 5.91 Å². The number of carbonyl (C=O) groups excluding carboxylic acids is 1. The lowest BCUT2D eigenvalue weighted by Gasteiger charge is -2.16. The van der Waals surface area contributed by atoms with Crippen LogP contribution in [0, 0.1) is 17.8 Å². The first-order valence-electron chi connectivity index (χ1n) is 8.19. The fraction of sp³-hybridized carbons (Fsp3) is 0.556. The Morgan fingerprint density at radius 1 is 1.17 bits per heavy atom. The second-order valence-corrected chi connectivity index (χ2v) is 6.72. The topological polar surface area (TPSA) is 76.1 Å². The molecule has 1 heterocycles. The molecule has 1 amide bonds. The third-order valence-corrected chi connectivity index (χ3v) is 5.19. The van der Waals surface area contributed by atoms with Gasteiger partial charge in [0.25, 0.3) is 0 Å². The minimum atomic E-state index is -0.820. The van der Waals surface area contributed by atoms with E-state index in [0.717, 1.165) is 23.5 Å². The number of carboxylic acids is 1. The first-order chi connectivity index (χ1) is 11.5. The number of methoxy groups -OCH3 is 2. The van der Waals surface area contributed by atoms with E-state index < -0.39 is 11.9 Å². The second-order valence-electron chi connectivity index (χ2n) is 6.72. The fourth-order valence-electron chi connectivity index (χ4n) is 3.64. The number of hydrogen-bond acceptors (Lipinski definition) is 4. The van der Waals surface area contributed by atoms with Gasteiger partial charge in [0, 0.05) is 30.5 Å². The normalized spacial score (nSPS) is 28.5. The van der Waals surface area contributed by atoms with Gasteiger partial charge in [-0.3, -0.25) is 9.59 Å². The molecule has 1 aliphatic carbocycles. The summed E-state index contributed by atoms with van der Waals surface area (Å²) in [6, 6.07) is 5.61. The Kier molecular flexibility index (Phi) is 4.39. The van der Waals surface area contributed by atoms with E-state index >= 15 is 0 Å². The Labute approximate surface area is 141 Å². The van der Waals surface area contributed by atoms with E-state index in [9.17, 15) is 14.7 Å². The van der Waals surface area contributed by atoms with Gasteiger partial charge in [-0.2, -0.15) is 0 Å². The monoisotopic (exact) mass is 333 g/mol. The molecule has 0 radical (unpaired) electrons. The molecule has 130 valence electrons. The van der Waals surface area contributed by atoms with Gasteiger partial charge >= 0.3 is 5.97 Å². The molecule has 0 aromatic heterocycles. The van der Waals surface area contributed by atoms with Crippen molar-refractivity contribution in [1.82, 2.24) is 4.90 Å². The molecule has 2 unspecified atom stereocenters. The van der Waals surface area contributed by atoms with Crippen LogP contribution in [0.1, 0.15) is 24.8 Å². The van der Waals surface area contributed by atoms with Gasteiger partial charge in [-0.25, -0.2) is 0 Å². The zero-order valence-electron chi connectivity index (χ0n) is 14.2. The van der Waals surface area contributed by atoms with Crippen molar-refractivity contribution >= 4 is 11.9 Å². The number of amides is 1. The lowest BCUT2D eigenvalue weighted by atomic mass is 9.99. The minimum Gasteiger partial charge on any atom is -0.497 e. The number of likely N-dealkylation sites (tertiary alicyclic amines) is 1. The van der Waals surface area contributed by atoms with Crippen LogP contribution in [0.5, 0.6) is 11.5 Å². The van der Waals surface area contributed by atoms with Crippen LogP contribution >= 0.6 is 0 Å². The van der Waals surface area contributed by atoms with Gasteiger partial charge in [-0.15, -0.1) is 0 Å². The molecule has 2 aliphatic rings. The van der Waals surface area contributed by atoms with Crippen LogP contribution in [0.3, 0.4) is 0 Å². The summed E-state index contributed by atoms with van der Waals surface area (Å²) in [7, 11) is 3.23. The molecule has 4 atom stereocenters. The third-order valence-electron chi connectivity index (χ3n) is 5.19. The second kappa shape index (κ2) is 6.34. The molecule has 3 rings (SSSR count). The number of carbonyl (C=O) groups is 2. The lowest BCUT2D eigenvalue weighted by Crippen LogP contribution is -2.31. The number of aliphatic carboxylic acids is 1. The number of carboxylic acid groups (broad SMARTS) is 1. The summed E-state index contributed by atoms with van der Waals surface area (Å²) in [4.78, 5) is 25.7. The molecule has 24 heavy (non-hydrogen) atoms. The highest BCUT2D eigenvalue weighted by atomic mass is 16.5. The van der Waals surface area contributed by atoms with Crippen molar-refractivity contribution in [2.75, 3.05) is 27.3 Å². The molecule has 0 bridgehead atoms. The molecule has 2 fully saturated rings. The maximum absolute atomic E-state index is 12.7. The average molecular weight is 333 g/mol. The molecule has 0 spiro atoms. The van der Waals surface area contributed by atoms with E-state index in [-0.39, 0.29) is 23.7 Å². The zero-order valence-corrected chi connectivity index (χ0v) is 14.2. The van der Waals surface area contributed by atoms with E-state index in [1.165, 1.54) is 0 Å². The summed E-state index contributed by atoms with van der Waals surface area (Å²) in [5.41, 5.74) is 0.984. The summed E-state index contributed by atoms with van der Waals surface area (Å²) < 4.78 is 10.7. The van der Waals surface area contributed by atoms with Gasteiger partial charge in [-0.05, 0) is 30.5 Å². The highest BCUT2D eigenvalue weighted by molar-refractivity contribution is 5.84. The zero-order chi connectivity index (χ0) is 17.4. The standard InChI is InChI=1S/C18H23NO5/c1-10-8-19(9-15(10)18(21)22)17(20)14-7-12(14)13-6-11(23-2)4-5-16(13)24-3/h4-6,10,12,14-15H,7-9H2,1-3H3,(H,21,22)/t10-,12?,14?,15-/m1/s1. The Hall–Kier alpha value is -2.24. The third kappa shape index (κ3) is 2.92. The van der Waals surface area contributed by atoms with E-state index in [4.69, 9.17) is 9.47 Å². The van der Waals surface area contributed by atoms with Crippen LogP contribution in [-0.4, -0.2) is 49.2 Å². The lowest BCUT2D eigenvalue weighted by molar-refractivity contribution is -0.142. The molecule has 1 aromatic rings. The van der Waals surface area contributed by atoms with Crippen LogP contribution in [0.15, 0.2) is 18.2 Å².